The van der Waals surface area contributed by atoms with Gasteiger partial charge in [0.25, 0.3) is 0 Å². The molecule has 1 aromatic heterocycles. The van der Waals surface area contributed by atoms with Crippen LogP contribution in [0.25, 0.3) is 0 Å². The van der Waals surface area contributed by atoms with E-state index in [4.69, 9.17) is 4.74 Å². The highest BCUT2D eigenvalue weighted by atomic mass is 19.1. The molecular weight excluding hydrogens is 267 g/mol. The lowest BCUT2D eigenvalue weighted by Gasteiger charge is -2.18. The molecule has 0 fully saturated rings. The van der Waals surface area contributed by atoms with Gasteiger partial charge >= 0.3 is 6.01 Å². The van der Waals surface area contributed by atoms with Crippen LogP contribution in [0.15, 0.2) is 54.4 Å². The average Bonchev–Trinajstić information content (AvgIpc) is 2.52. The van der Waals surface area contributed by atoms with E-state index in [2.05, 4.69) is 30.4 Å². The fraction of sp³-hybridized carbons (Fsp3) is 0.412. The molecule has 0 aromatic carbocycles. The Labute approximate surface area is 126 Å². The molecule has 0 aliphatic carbocycles. The summed E-state index contributed by atoms with van der Waals surface area (Å²) < 4.78 is 19.9. The van der Waals surface area contributed by atoms with Gasteiger partial charge in [0.1, 0.15) is 0 Å². The van der Waals surface area contributed by atoms with Gasteiger partial charge in [-0.2, -0.15) is 0 Å². The number of allylic oxidation sites excluding steroid dienone is 4. The second-order valence-electron chi connectivity index (χ2n) is 4.66. The van der Waals surface area contributed by atoms with E-state index < -0.39 is 5.83 Å². The second-order valence-corrected chi connectivity index (χ2v) is 4.66. The molecule has 0 radical (unpaired) electrons. The molecule has 0 bridgehead atoms. The monoisotopic (exact) mass is 290 g/mol. The van der Waals surface area contributed by atoms with E-state index in [9.17, 15) is 4.39 Å². The Morgan fingerprint density at radius 1 is 1.29 bits per heavy atom. The Morgan fingerprint density at radius 3 is 2.43 bits per heavy atom. The average molecular weight is 290 g/mol. The highest BCUT2D eigenvalue weighted by Crippen LogP contribution is 2.28. The third kappa shape index (κ3) is 5.14. The number of ether oxygens (including phenoxy) is 1. The first-order chi connectivity index (χ1) is 10.1. The SMILES string of the molecule is C=C(/C(Oc1ncccn1)=C(F)\C=C/CC)C(CC)CC. The van der Waals surface area contributed by atoms with Crippen LogP contribution in [0.2, 0.25) is 0 Å². The van der Waals surface area contributed by atoms with E-state index in [1.54, 1.807) is 24.5 Å². The Balaban J connectivity index is 3.11. The highest BCUT2D eigenvalue weighted by Gasteiger charge is 2.19. The molecule has 0 amide bonds. The normalized spacial score (nSPS) is 12.6. The third-order valence-corrected chi connectivity index (χ3v) is 3.22. The van der Waals surface area contributed by atoms with Crippen molar-refractivity contribution in [3.05, 3.63) is 54.4 Å². The first-order valence-corrected chi connectivity index (χ1v) is 7.34. The molecule has 0 saturated carbocycles. The van der Waals surface area contributed by atoms with E-state index in [0.29, 0.717) is 5.57 Å². The van der Waals surface area contributed by atoms with E-state index in [1.165, 1.54) is 6.08 Å². The van der Waals surface area contributed by atoms with Crippen molar-refractivity contribution in [2.75, 3.05) is 0 Å². The lowest BCUT2D eigenvalue weighted by atomic mass is 9.93. The Hall–Kier alpha value is -1.97. The van der Waals surface area contributed by atoms with Crippen molar-refractivity contribution in [1.82, 2.24) is 9.97 Å². The van der Waals surface area contributed by atoms with Crippen LogP contribution >= 0.6 is 0 Å². The molecule has 1 heterocycles. The van der Waals surface area contributed by atoms with Crippen molar-refractivity contribution < 1.29 is 9.13 Å². The molecular formula is C17H23FN2O. The number of hydrogen-bond acceptors (Lipinski definition) is 3. The molecule has 1 rings (SSSR count). The molecule has 0 N–H and O–H groups in total. The summed E-state index contributed by atoms with van der Waals surface area (Å²) in [4.78, 5) is 7.95. The first-order valence-electron chi connectivity index (χ1n) is 7.34. The van der Waals surface area contributed by atoms with Crippen molar-refractivity contribution in [1.29, 1.82) is 0 Å². The van der Waals surface area contributed by atoms with Crippen molar-refractivity contribution in [3.8, 4) is 6.01 Å². The molecule has 0 unspecified atom stereocenters. The molecule has 114 valence electrons. The molecule has 0 aliphatic heterocycles. The van der Waals surface area contributed by atoms with Gasteiger partial charge in [0.2, 0.25) is 0 Å². The van der Waals surface area contributed by atoms with Gasteiger partial charge in [0, 0.05) is 12.4 Å². The Morgan fingerprint density at radius 2 is 1.90 bits per heavy atom. The molecule has 4 heteroatoms. The fourth-order valence-corrected chi connectivity index (χ4v) is 1.96. The largest absolute Gasteiger partial charge is 0.421 e. The van der Waals surface area contributed by atoms with Crippen LogP contribution in [0.5, 0.6) is 6.01 Å². The van der Waals surface area contributed by atoms with Crippen LogP contribution < -0.4 is 4.74 Å². The van der Waals surface area contributed by atoms with Gasteiger partial charge in [-0.15, -0.1) is 0 Å². The lowest BCUT2D eigenvalue weighted by Crippen LogP contribution is -2.10. The minimum Gasteiger partial charge on any atom is -0.421 e. The van der Waals surface area contributed by atoms with E-state index in [0.717, 1.165) is 19.3 Å². The summed E-state index contributed by atoms with van der Waals surface area (Å²) >= 11 is 0. The topological polar surface area (TPSA) is 35.0 Å². The van der Waals surface area contributed by atoms with Gasteiger partial charge in [-0.05, 0) is 42.9 Å². The molecule has 1 aromatic rings. The van der Waals surface area contributed by atoms with Gasteiger partial charge in [-0.1, -0.05) is 33.4 Å². The van der Waals surface area contributed by atoms with Crippen LogP contribution in [-0.2, 0) is 0 Å². The third-order valence-electron chi connectivity index (χ3n) is 3.22. The number of halogens is 1. The van der Waals surface area contributed by atoms with Gasteiger partial charge in [0.05, 0.1) is 0 Å². The lowest BCUT2D eigenvalue weighted by molar-refractivity contribution is 0.364. The number of nitrogens with zero attached hydrogens (tertiary/aromatic N) is 2. The molecule has 0 spiro atoms. The zero-order valence-electron chi connectivity index (χ0n) is 13.0. The van der Waals surface area contributed by atoms with Crippen LogP contribution in [0.3, 0.4) is 0 Å². The molecule has 21 heavy (non-hydrogen) atoms. The van der Waals surface area contributed by atoms with Crippen LogP contribution in [-0.4, -0.2) is 9.97 Å². The van der Waals surface area contributed by atoms with E-state index >= 15 is 0 Å². The summed E-state index contributed by atoms with van der Waals surface area (Å²) in [5.74, 6) is -0.148. The van der Waals surface area contributed by atoms with Gasteiger partial charge in [-0.3, -0.25) is 0 Å². The van der Waals surface area contributed by atoms with Crippen LogP contribution in [0, 0.1) is 5.92 Å². The Bertz CT molecular complexity index is 505. The van der Waals surface area contributed by atoms with Gasteiger partial charge in [-0.25, -0.2) is 14.4 Å². The summed E-state index contributed by atoms with van der Waals surface area (Å²) in [6, 6.07) is 1.80. The van der Waals surface area contributed by atoms with Crippen molar-refractivity contribution in [2.45, 2.75) is 40.0 Å². The maximum absolute atomic E-state index is 14.4. The van der Waals surface area contributed by atoms with Crippen molar-refractivity contribution in [2.24, 2.45) is 5.92 Å². The summed E-state index contributed by atoms with van der Waals surface area (Å²) in [7, 11) is 0. The fourth-order valence-electron chi connectivity index (χ4n) is 1.96. The summed E-state index contributed by atoms with van der Waals surface area (Å²) in [6.45, 7) is 10.1. The minimum atomic E-state index is -0.443. The quantitative estimate of drug-likeness (QED) is 0.499. The zero-order valence-corrected chi connectivity index (χ0v) is 13.0. The highest BCUT2D eigenvalue weighted by molar-refractivity contribution is 5.34. The van der Waals surface area contributed by atoms with Gasteiger partial charge < -0.3 is 4.74 Å². The van der Waals surface area contributed by atoms with Crippen LogP contribution in [0.4, 0.5) is 4.39 Å². The molecule has 0 saturated heterocycles. The standard InChI is InChI=1S/C17H23FN2O/c1-5-8-10-15(18)16(13(4)14(6-2)7-3)21-17-19-11-9-12-20-17/h8-12,14H,4-7H2,1-3H3/b10-8-,16-15-. The number of hydrogen-bond donors (Lipinski definition) is 0. The summed E-state index contributed by atoms with van der Waals surface area (Å²) in [5, 5.41) is 0. The molecule has 3 nitrogen and oxygen atoms in total. The van der Waals surface area contributed by atoms with Crippen molar-refractivity contribution in [3.63, 3.8) is 0 Å². The second kappa shape index (κ2) is 9.06. The predicted octanol–water partition coefficient (Wildman–Crippen LogP) is 5.00. The van der Waals surface area contributed by atoms with Gasteiger partial charge in [0.15, 0.2) is 11.6 Å². The molecule has 0 aliphatic rings. The molecule has 0 atom stereocenters. The number of aromatic nitrogens is 2. The van der Waals surface area contributed by atoms with Crippen molar-refractivity contribution >= 4 is 0 Å². The summed E-state index contributed by atoms with van der Waals surface area (Å²) in [6.07, 6.45) is 8.76. The minimum absolute atomic E-state index is 0.125. The maximum atomic E-state index is 14.4. The van der Waals surface area contributed by atoms with Crippen LogP contribution in [0.1, 0.15) is 40.0 Å². The smallest absolute Gasteiger partial charge is 0.321 e. The maximum Gasteiger partial charge on any atom is 0.321 e. The van der Waals surface area contributed by atoms with E-state index in [-0.39, 0.29) is 17.7 Å². The first kappa shape index (κ1) is 17.1. The van der Waals surface area contributed by atoms with E-state index in [1.807, 2.05) is 6.92 Å². The predicted molar refractivity (Wildman–Crippen MR) is 83.4 cm³/mol. The zero-order chi connectivity index (χ0) is 15.7. The Kier molecular flexibility index (Phi) is 7.37. The number of rotatable bonds is 8. The summed E-state index contributed by atoms with van der Waals surface area (Å²) in [5.41, 5.74) is 0.644.